The van der Waals surface area contributed by atoms with Crippen LogP contribution >= 0.6 is 0 Å². The molecule has 0 bridgehead atoms. The van der Waals surface area contributed by atoms with E-state index in [-0.39, 0.29) is 12.4 Å². The van der Waals surface area contributed by atoms with Crippen molar-refractivity contribution in [1.82, 2.24) is 0 Å². The van der Waals surface area contributed by atoms with Gasteiger partial charge in [0.05, 0.1) is 19.8 Å². The Hall–Kier alpha value is -0.900. The minimum absolute atomic E-state index is 0.00393. The van der Waals surface area contributed by atoms with Crippen LogP contribution in [0.25, 0.3) is 0 Å². The van der Waals surface area contributed by atoms with Gasteiger partial charge in [0.2, 0.25) is 0 Å². The van der Waals surface area contributed by atoms with E-state index in [2.05, 4.69) is 6.92 Å². The van der Waals surface area contributed by atoms with Gasteiger partial charge in [0.1, 0.15) is 5.41 Å². The van der Waals surface area contributed by atoms with E-state index in [1.54, 1.807) is 6.92 Å². The van der Waals surface area contributed by atoms with Crippen LogP contribution in [0.5, 0.6) is 0 Å². The van der Waals surface area contributed by atoms with Crippen LogP contribution in [0.4, 0.5) is 0 Å². The second-order valence-electron chi connectivity index (χ2n) is 5.55. The SMILES string of the molecule is CCCCCCCCC1(C(=O)OCC)COCCC1=O. The Morgan fingerprint density at radius 3 is 2.55 bits per heavy atom. The van der Waals surface area contributed by atoms with Crippen LogP contribution in [0.1, 0.15) is 65.2 Å². The lowest BCUT2D eigenvalue weighted by Gasteiger charge is -2.33. The fraction of sp³-hybridized carbons (Fsp3) is 0.875. The Bertz CT molecular complexity index is 314. The number of Topliss-reactive ketones (excluding diaryl/α,β-unsaturated/α-hetero) is 1. The quantitative estimate of drug-likeness (QED) is 0.370. The molecule has 1 aliphatic heterocycles. The smallest absolute Gasteiger partial charge is 0.322 e. The van der Waals surface area contributed by atoms with E-state index in [4.69, 9.17) is 9.47 Å². The van der Waals surface area contributed by atoms with Crippen LogP contribution in [0, 0.1) is 5.41 Å². The summed E-state index contributed by atoms with van der Waals surface area (Å²) in [7, 11) is 0. The van der Waals surface area contributed by atoms with Crippen molar-refractivity contribution in [3.05, 3.63) is 0 Å². The van der Waals surface area contributed by atoms with Crippen LogP contribution in [0.15, 0.2) is 0 Å². The molecule has 4 nitrogen and oxygen atoms in total. The average Bonchev–Trinajstić information content (AvgIpc) is 2.45. The van der Waals surface area contributed by atoms with Gasteiger partial charge in [-0.3, -0.25) is 9.59 Å². The first kappa shape index (κ1) is 17.2. The predicted octanol–water partition coefficient (Wildman–Crippen LogP) is 3.28. The van der Waals surface area contributed by atoms with Gasteiger partial charge in [-0.2, -0.15) is 0 Å². The van der Waals surface area contributed by atoms with Crippen molar-refractivity contribution >= 4 is 11.8 Å². The normalized spacial score (nSPS) is 22.8. The minimum Gasteiger partial charge on any atom is -0.465 e. The zero-order valence-corrected chi connectivity index (χ0v) is 12.9. The largest absolute Gasteiger partial charge is 0.465 e. The predicted molar refractivity (Wildman–Crippen MR) is 77.5 cm³/mol. The maximum absolute atomic E-state index is 12.2. The molecule has 0 spiro atoms. The first-order valence-corrected chi connectivity index (χ1v) is 7.95. The lowest BCUT2D eigenvalue weighted by molar-refractivity contribution is -0.169. The third kappa shape index (κ3) is 4.58. The van der Waals surface area contributed by atoms with Gasteiger partial charge in [0, 0.05) is 6.42 Å². The van der Waals surface area contributed by atoms with Crippen molar-refractivity contribution in [2.24, 2.45) is 5.41 Å². The molecular formula is C16H28O4. The maximum atomic E-state index is 12.2. The van der Waals surface area contributed by atoms with Crippen molar-refractivity contribution in [3.63, 3.8) is 0 Å². The molecule has 1 saturated heterocycles. The fourth-order valence-electron chi connectivity index (χ4n) is 2.69. The summed E-state index contributed by atoms with van der Waals surface area (Å²) in [5.74, 6) is -0.394. The van der Waals surface area contributed by atoms with Crippen molar-refractivity contribution in [3.8, 4) is 0 Å². The Morgan fingerprint density at radius 2 is 1.90 bits per heavy atom. The molecule has 0 aromatic carbocycles. The number of carbonyl (C=O) groups is 2. The monoisotopic (exact) mass is 284 g/mol. The number of esters is 1. The Balaban J connectivity index is 2.50. The average molecular weight is 284 g/mol. The van der Waals surface area contributed by atoms with Crippen molar-refractivity contribution in [2.75, 3.05) is 19.8 Å². The molecule has 1 aliphatic rings. The van der Waals surface area contributed by atoms with Gasteiger partial charge in [0.25, 0.3) is 0 Å². The lowest BCUT2D eigenvalue weighted by atomic mass is 9.77. The summed E-state index contributed by atoms with van der Waals surface area (Å²) >= 11 is 0. The number of hydrogen-bond acceptors (Lipinski definition) is 4. The number of carbonyl (C=O) groups excluding carboxylic acids is 2. The summed E-state index contributed by atoms with van der Waals surface area (Å²) in [5, 5.41) is 0. The molecule has 0 aromatic rings. The van der Waals surface area contributed by atoms with Gasteiger partial charge in [-0.05, 0) is 13.3 Å². The molecule has 20 heavy (non-hydrogen) atoms. The summed E-state index contributed by atoms with van der Waals surface area (Å²) in [6, 6.07) is 0. The Morgan fingerprint density at radius 1 is 1.20 bits per heavy atom. The molecule has 0 N–H and O–H groups in total. The molecule has 0 radical (unpaired) electrons. The van der Waals surface area contributed by atoms with Crippen LogP contribution < -0.4 is 0 Å². The summed E-state index contributed by atoms with van der Waals surface area (Å²) in [4.78, 5) is 24.4. The van der Waals surface area contributed by atoms with Crippen LogP contribution in [0.2, 0.25) is 0 Å². The maximum Gasteiger partial charge on any atom is 0.322 e. The Labute approximate surface area is 122 Å². The molecule has 1 atom stereocenters. The summed E-state index contributed by atoms with van der Waals surface area (Å²) in [6.07, 6.45) is 7.72. The standard InChI is InChI=1S/C16H28O4/c1-3-5-6-7-8-9-11-16(15(18)20-4-2)13-19-12-10-14(16)17/h3-13H2,1-2H3. The molecule has 1 unspecified atom stereocenters. The van der Waals surface area contributed by atoms with Gasteiger partial charge in [-0.15, -0.1) is 0 Å². The van der Waals surface area contributed by atoms with Crippen LogP contribution in [0.3, 0.4) is 0 Å². The molecule has 116 valence electrons. The molecule has 0 amide bonds. The highest BCUT2D eigenvalue weighted by Gasteiger charge is 2.48. The van der Waals surface area contributed by atoms with E-state index >= 15 is 0 Å². The zero-order chi connectivity index (χ0) is 14.8. The van der Waals surface area contributed by atoms with E-state index in [1.807, 2.05) is 0 Å². The third-order valence-electron chi connectivity index (χ3n) is 3.98. The van der Waals surface area contributed by atoms with Crippen LogP contribution in [-0.4, -0.2) is 31.6 Å². The zero-order valence-electron chi connectivity index (χ0n) is 12.9. The molecular weight excluding hydrogens is 256 g/mol. The number of ether oxygens (including phenoxy) is 2. The first-order valence-electron chi connectivity index (χ1n) is 7.95. The van der Waals surface area contributed by atoms with E-state index < -0.39 is 11.4 Å². The number of ketones is 1. The fourth-order valence-corrected chi connectivity index (χ4v) is 2.69. The number of unbranched alkanes of at least 4 members (excludes halogenated alkanes) is 5. The summed E-state index contributed by atoms with van der Waals surface area (Å²) in [6.45, 7) is 4.89. The number of hydrogen-bond donors (Lipinski definition) is 0. The Kier molecular flexibility index (Phi) is 7.82. The topological polar surface area (TPSA) is 52.6 Å². The van der Waals surface area contributed by atoms with Crippen molar-refractivity contribution in [2.45, 2.75) is 65.2 Å². The van der Waals surface area contributed by atoms with E-state index in [0.717, 1.165) is 12.8 Å². The lowest BCUT2D eigenvalue weighted by Crippen LogP contribution is -2.48. The first-order chi connectivity index (χ1) is 9.67. The van der Waals surface area contributed by atoms with E-state index in [1.165, 1.54) is 25.7 Å². The molecule has 4 heteroatoms. The van der Waals surface area contributed by atoms with Crippen molar-refractivity contribution in [1.29, 1.82) is 0 Å². The van der Waals surface area contributed by atoms with Crippen LogP contribution in [-0.2, 0) is 19.1 Å². The molecule has 1 rings (SSSR count). The highest BCUT2D eigenvalue weighted by atomic mass is 16.5. The number of rotatable bonds is 9. The molecule has 1 heterocycles. The highest BCUT2D eigenvalue weighted by molar-refractivity contribution is 6.04. The summed E-state index contributed by atoms with van der Waals surface area (Å²) in [5.41, 5.74) is -1.03. The van der Waals surface area contributed by atoms with E-state index in [9.17, 15) is 9.59 Å². The molecule has 0 saturated carbocycles. The third-order valence-corrected chi connectivity index (χ3v) is 3.98. The van der Waals surface area contributed by atoms with Gasteiger partial charge in [0.15, 0.2) is 5.78 Å². The second kappa shape index (κ2) is 9.11. The highest BCUT2D eigenvalue weighted by Crippen LogP contribution is 2.33. The second-order valence-corrected chi connectivity index (χ2v) is 5.55. The van der Waals surface area contributed by atoms with Gasteiger partial charge < -0.3 is 9.47 Å². The molecule has 0 aliphatic carbocycles. The van der Waals surface area contributed by atoms with Gasteiger partial charge in [-0.1, -0.05) is 45.4 Å². The van der Waals surface area contributed by atoms with E-state index in [0.29, 0.717) is 26.1 Å². The summed E-state index contributed by atoms with van der Waals surface area (Å²) < 4.78 is 10.5. The van der Waals surface area contributed by atoms with Gasteiger partial charge in [-0.25, -0.2) is 0 Å². The van der Waals surface area contributed by atoms with Crippen molar-refractivity contribution < 1.29 is 19.1 Å². The minimum atomic E-state index is -1.03. The van der Waals surface area contributed by atoms with Gasteiger partial charge >= 0.3 is 5.97 Å². The molecule has 0 aromatic heterocycles. The molecule has 1 fully saturated rings.